The first-order valence-electron chi connectivity index (χ1n) is 4.48. The molecule has 1 rings (SSSR count). The molecule has 1 aliphatic rings. The largest absolute Gasteiger partial charge is 0.388 e. The van der Waals surface area contributed by atoms with Crippen molar-refractivity contribution in [1.82, 2.24) is 0 Å². The highest BCUT2D eigenvalue weighted by Crippen LogP contribution is 2.48. The van der Waals surface area contributed by atoms with Gasteiger partial charge < -0.3 is 10.8 Å². The number of nitrogens with two attached hydrogens (primary N) is 1. The van der Waals surface area contributed by atoms with Gasteiger partial charge >= 0.3 is 0 Å². The molecule has 0 radical (unpaired) electrons. The Labute approximate surface area is 77.1 Å². The van der Waals surface area contributed by atoms with Gasteiger partial charge in [-0.05, 0) is 11.8 Å². The van der Waals surface area contributed by atoms with Crippen molar-refractivity contribution in [1.29, 1.82) is 0 Å². The molecule has 1 atom stereocenters. The maximum Gasteiger partial charge on any atom is 0.251 e. The number of hydrogen-bond donors (Lipinski definition) is 2. The van der Waals surface area contributed by atoms with E-state index < -0.39 is 23.4 Å². The topological polar surface area (TPSA) is 46.2 Å². The number of halogens is 2. The van der Waals surface area contributed by atoms with Crippen molar-refractivity contribution in [3.05, 3.63) is 0 Å². The summed E-state index contributed by atoms with van der Waals surface area (Å²) < 4.78 is 26.3. The van der Waals surface area contributed by atoms with Gasteiger partial charge in [0, 0.05) is 19.4 Å². The molecule has 13 heavy (non-hydrogen) atoms. The molecule has 1 fully saturated rings. The zero-order valence-corrected chi connectivity index (χ0v) is 8.11. The van der Waals surface area contributed by atoms with Crippen LogP contribution in [0, 0.1) is 5.41 Å². The highest BCUT2D eigenvalue weighted by atomic mass is 19.3. The Morgan fingerprint density at radius 3 is 2.15 bits per heavy atom. The van der Waals surface area contributed by atoms with Crippen LogP contribution < -0.4 is 5.73 Å². The molecule has 0 saturated heterocycles. The van der Waals surface area contributed by atoms with Gasteiger partial charge in [0.2, 0.25) is 0 Å². The second-order valence-electron chi connectivity index (χ2n) is 4.98. The average molecular weight is 193 g/mol. The van der Waals surface area contributed by atoms with Crippen molar-refractivity contribution in [2.24, 2.45) is 11.1 Å². The molecular formula is C9H17F2NO. The van der Waals surface area contributed by atoms with E-state index in [0.29, 0.717) is 6.42 Å². The molecule has 0 aliphatic heterocycles. The fraction of sp³-hybridized carbons (Fsp3) is 1.00. The molecule has 0 spiro atoms. The summed E-state index contributed by atoms with van der Waals surface area (Å²) in [5.74, 6) is -2.78. The number of hydrogen-bond acceptors (Lipinski definition) is 2. The smallest absolute Gasteiger partial charge is 0.251 e. The zero-order valence-electron chi connectivity index (χ0n) is 8.11. The molecule has 1 saturated carbocycles. The second-order valence-corrected chi connectivity index (χ2v) is 4.98. The summed E-state index contributed by atoms with van der Waals surface area (Å²) in [6.45, 7) is 3.38. The summed E-state index contributed by atoms with van der Waals surface area (Å²) in [4.78, 5) is 0. The summed E-state index contributed by atoms with van der Waals surface area (Å²) in [6, 6.07) is 0. The van der Waals surface area contributed by atoms with Crippen LogP contribution >= 0.6 is 0 Å². The van der Waals surface area contributed by atoms with Crippen molar-refractivity contribution in [3.8, 4) is 0 Å². The standard InChI is InChI=1S/C9H17F2NO/c1-7(2)3-8(13,6-12)5-9(10,11)4-7/h13H,3-6,12H2,1-2H3. The highest BCUT2D eigenvalue weighted by Gasteiger charge is 2.51. The summed E-state index contributed by atoms with van der Waals surface area (Å²) in [6.07, 6.45) is -0.311. The molecule has 3 N–H and O–H groups in total. The lowest BCUT2D eigenvalue weighted by Gasteiger charge is -2.44. The molecule has 0 aromatic rings. The zero-order chi connectivity index (χ0) is 10.3. The molecule has 0 aromatic carbocycles. The van der Waals surface area contributed by atoms with Crippen LogP contribution in [0.25, 0.3) is 0 Å². The SMILES string of the molecule is CC1(C)CC(F)(F)CC(O)(CN)C1. The Morgan fingerprint density at radius 1 is 1.23 bits per heavy atom. The summed E-state index contributed by atoms with van der Waals surface area (Å²) in [7, 11) is 0. The van der Waals surface area contributed by atoms with Crippen molar-refractivity contribution in [3.63, 3.8) is 0 Å². The second kappa shape index (κ2) is 2.89. The van der Waals surface area contributed by atoms with Gasteiger partial charge in [-0.1, -0.05) is 13.8 Å². The van der Waals surface area contributed by atoms with Crippen LogP contribution in [0.4, 0.5) is 8.78 Å². The van der Waals surface area contributed by atoms with Crippen LogP contribution in [0.2, 0.25) is 0 Å². The third kappa shape index (κ3) is 2.61. The average Bonchev–Trinajstić information content (AvgIpc) is 1.79. The fourth-order valence-electron chi connectivity index (χ4n) is 2.40. The van der Waals surface area contributed by atoms with E-state index >= 15 is 0 Å². The fourth-order valence-corrected chi connectivity index (χ4v) is 2.40. The van der Waals surface area contributed by atoms with E-state index in [1.165, 1.54) is 0 Å². The Balaban J connectivity index is 2.84. The quantitative estimate of drug-likeness (QED) is 0.663. The maximum atomic E-state index is 13.2. The van der Waals surface area contributed by atoms with Crippen molar-refractivity contribution in [2.45, 2.75) is 44.6 Å². The summed E-state index contributed by atoms with van der Waals surface area (Å²) in [5, 5.41) is 9.75. The molecule has 0 amide bonds. The molecule has 0 aromatic heterocycles. The van der Waals surface area contributed by atoms with E-state index in [9.17, 15) is 13.9 Å². The Morgan fingerprint density at radius 2 is 1.77 bits per heavy atom. The third-order valence-electron chi connectivity index (χ3n) is 2.51. The highest BCUT2D eigenvalue weighted by molar-refractivity contribution is 4.98. The van der Waals surface area contributed by atoms with Gasteiger partial charge in [0.15, 0.2) is 0 Å². The predicted molar refractivity (Wildman–Crippen MR) is 46.6 cm³/mol. The van der Waals surface area contributed by atoms with Gasteiger partial charge in [0.25, 0.3) is 5.92 Å². The van der Waals surface area contributed by atoms with Gasteiger partial charge in [-0.3, -0.25) is 0 Å². The van der Waals surface area contributed by atoms with Crippen LogP contribution in [0.1, 0.15) is 33.1 Å². The van der Waals surface area contributed by atoms with E-state index in [0.717, 1.165) is 0 Å². The lowest BCUT2D eigenvalue weighted by Crippen LogP contribution is -2.51. The first kappa shape index (κ1) is 10.9. The number of alkyl halides is 2. The molecule has 4 heteroatoms. The molecule has 0 heterocycles. The predicted octanol–water partition coefficient (Wildman–Crippen LogP) is 1.52. The molecule has 1 aliphatic carbocycles. The van der Waals surface area contributed by atoms with Crippen molar-refractivity contribution in [2.75, 3.05) is 6.54 Å². The molecule has 78 valence electrons. The Bertz CT molecular complexity index is 188. The van der Waals surface area contributed by atoms with E-state index in [1.807, 2.05) is 0 Å². The van der Waals surface area contributed by atoms with E-state index in [1.54, 1.807) is 13.8 Å². The van der Waals surface area contributed by atoms with Crippen LogP contribution in [0.3, 0.4) is 0 Å². The first-order chi connectivity index (χ1) is 5.68. The van der Waals surface area contributed by atoms with Crippen molar-refractivity contribution < 1.29 is 13.9 Å². The van der Waals surface area contributed by atoms with Crippen LogP contribution in [0.5, 0.6) is 0 Å². The minimum atomic E-state index is -2.78. The van der Waals surface area contributed by atoms with Crippen LogP contribution in [-0.2, 0) is 0 Å². The lowest BCUT2D eigenvalue weighted by molar-refractivity contribution is -0.157. The minimum Gasteiger partial charge on any atom is -0.388 e. The maximum absolute atomic E-state index is 13.2. The first-order valence-corrected chi connectivity index (χ1v) is 4.48. The molecular weight excluding hydrogens is 176 g/mol. The lowest BCUT2D eigenvalue weighted by atomic mass is 9.68. The molecule has 0 bridgehead atoms. The van der Waals surface area contributed by atoms with E-state index in [2.05, 4.69) is 0 Å². The van der Waals surface area contributed by atoms with Crippen LogP contribution in [-0.4, -0.2) is 23.2 Å². The van der Waals surface area contributed by atoms with Gasteiger partial charge in [-0.2, -0.15) is 0 Å². The van der Waals surface area contributed by atoms with Crippen molar-refractivity contribution >= 4 is 0 Å². The molecule has 1 unspecified atom stereocenters. The van der Waals surface area contributed by atoms with E-state index in [-0.39, 0.29) is 13.0 Å². The van der Waals surface area contributed by atoms with Gasteiger partial charge in [-0.25, -0.2) is 8.78 Å². The van der Waals surface area contributed by atoms with E-state index in [4.69, 9.17) is 5.73 Å². The van der Waals surface area contributed by atoms with Gasteiger partial charge in [0.1, 0.15) is 0 Å². The monoisotopic (exact) mass is 193 g/mol. The molecule has 2 nitrogen and oxygen atoms in total. The Kier molecular flexibility index (Phi) is 2.41. The summed E-state index contributed by atoms with van der Waals surface area (Å²) >= 11 is 0. The number of aliphatic hydroxyl groups is 1. The Hall–Kier alpha value is -0.220. The number of rotatable bonds is 1. The normalized spacial score (nSPS) is 37.4. The van der Waals surface area contributed by atoms with Crippen LogP contribution in [0.15, 0.2) is 0 Å². The summed E-state index contributed by atoms with van der Waals surface area (Å²) in [5.41, 5.74) is 3.38. The third-order valence-corrected chi connectivity index (χ3v) is 2.51. The van der Waals surface area contributed by atoms with Gasteiger partial charge in [0.05, 0.1) is 5.60 Å². The minimum absolute atomic E-state index is 0.0913. The van der Waals surface area contributed by atoms with Gasteiger partial charge in [-0.15, -0.1) is 0 Å².